The van der Waals surface area contributed by atoms with Crippen LogP contribution in [-0.4, -0.2) is 28.1 Å². The molecule has 2 aromatic rings. The van der Waals surface area contributed by atoms with Crippen LogP contribution in [0.15, 0.2) is 34.9 Å². The van der Waals surface area contributed by atoms with Gasteiger partial charge in [-0.3, -0.25) is 14.3 Å². The number of hydrogen-bond donors (Lipinski definition) is 1. The van der Waals surface area contributed by atoms with Crippen LogP contribution < -0.4 is 10.2 Å². The van der Waals surface area contributed by atoms with Gasteiger partial charge in [0.2, 0.25) is 11.8 Å². The van der Waals surface area contributed by atoms with Crippen LogP contribution in [0.4, 0.5) is 11.5 Å². The Balaban J connectivity index is 1.71. The van der Waals surface area contributed by atoms with E-state index in [1.807, 2.05) is 25.1 Å². The van der Waals surface area contributed by atoms with Crippen LogP contribution >= 0.6 is 15.9 Å². The van der Waals surface area contributed by atoms with Crippen molar-refractivity contribution in [3.05, 3.63) is 40.5 Å². The molecule has 1 aromatic carbocycles. The van der Waals surface area contributed by atoms with Gasteiger partial charge in [0.05, 0.1) is 5.92 Å². The molecule has 23 heavy (non-hydrogen) atoms. The van der Waals surface area contributed by atoms with E-state index < -0.39 is 0 Å². The summed E-state index contributed by atoms with van der Waals surface area (Å²) in [6.45, 7) is 2.36. The van der Waals surface area contributed by atoms with E-state index in [4.69, 9.17) is 0 Å². The standard InChI is InChI=1S/C16H17BrN4O2/c1-10-7-12(3-4-13(10)17)21-9-11(8-15(21)22)16(23)18-14-5-6-20(2)19-14/h3-7,11H,8-9H2,1-2H3,(H,18,19,23)/t11-/m0/s1. The van der Waals surface area contributed by atoms with Crippen LogP contribution in [0.1, 0.15) is 12.0 Å². The second-order valence-corrected chi connectivity index (χ2v) is 6.56. The third-order valence-corrected chi connectivity index (χ3v) is 4.80. The summed E-state index contributed by atoms with van der Waals surface area (Å²) in [7, 11) is 1.78. The summed E-state index contributed by atoms with van der Waals surface area (Å²) < 4.78 is 2.61. The largest absolute Gasteiger partial charge is 0.312 e. The first-order chi connectivity index (χ1) is 10.9. The van der Waals surface area contributed by atoms with Gasteiger partial charge in [-0.2, -0.15) is 5.10 Å². The van der Waals surface area contributed by atoms with E-state index in [-0.39, 0.29) is 24.2 Å². The average Bonchev–Trinajstić information content (AvgIpc) is 3.08. The van der Waals surface area contributed by atoms with Crippen LogP contribution in [-0.2, 0) is 16.6 Å². The van der Waals surface area contributed by atoms with Crippen molar-refractivity contribution in [1.29, 1.82) is 0 Å². The van der Waals surface area contributed by atoms with E-state index in [0.717, 1.165) is 15.7 Å². The minimum absolute atomic E-state index is 0.0344. The Morgan fingerprint density at radius 3 is 2.83 bits per heavy atom. The van der Waals surface area contributed by atoms with Crippen molar-refractivity contribution in [2.75, 3.05) is 16.8 Å². The molecule has 0 aliphatic carbocycles. The zero-order valence-electron chi connectivity index (χ0n) is 12.9. The Hall–Kier alpha value is -2.15. The molecule has 2 heterocycles. The smallest absolute Gasteiger partial charge is 0.231 e. The van der Waals surface area contributed by atoms with Gasteiger partial charge in [-0.15, -0.1) is 0 Å². The fourth-order valence-electron chi connectivity index (χ4n) is 2.64. The van der Waals surface area contributed by atoms with Crippen LogP contribution in [0, 0.1) is 12.8 Å². The molecule has 1 fully saturated rings. The summed E-state index contributed by atoms with van der Waals surface area (Å²) in [5, 5.41) is 6.88. The predicted molar refractivity (Wildman–Crippen MR) is 91.2 cm³/mol. The molecule has 1 aliphatic rings. The number of carbonyl (C=O) groups excluding carboxylic acids is 2. The normalized spacial score (nSPS) is 17.6. The molecule has 0 unspecified atom stereocenters. The van der Waals surface area contributed by atoms with Gasteiger partial charge in [0, 0.05) is 42.4 Å². The van der Waals surface area contributed by atoms with Crippen molar-refractivity contribution in [2.45, 2.75) is 13.3 Å². The number of nitrogens with zero attached hydrogens (tertiary/aromatic N) is 3. The quantitative estimate of drug-likeness (QED) is 0.894. The van der Waals surface area contributed by atoms with Gasteiger partial charge in [0.15, 0.2) is 5.82 Å². The maximum atomic E-state index is 12.3. The van der Waals surface area contributed by atoms with Gasteiger partial charge in [-0.05, 0) is 30.7 Å². The predicted octanol–water partition coefficient (Wildman–Crippen LogP) is 2.48. The Morgan fingerprint density at radius 1 is 1.39 bits per heavy atom. The van der Waals surface area contributed by atoms with E-state index in [1.54, 1.807) is 28.9 Å². The van der Waals surface area contributed by atoms with E-state index in [9.17, 15) is 9.59 Å². The van der Waals surface area contributed by atoms with Crippen molar-refractivity contribution >= 4 is 39.2 Å². The third kappa shape index (κ3) is 3.29. The Bertz CT molecular complexity index is 771. The van der Waals surface area contributed by atoms with Gasteiger partial charge in [0.25, 0.3) is 0 Å². The average molecular weight is 377 g/mol. The van der Waals surface area contributed by atoms with Gasteiger partial charge in [0.1, 0.15) is 0 Å². The first-order valence-electron chi connectivity index (χ1n) is 7.31. The molecule has 1 atom stereocenters. The number of hydrogen-bond acceptors (Lipinski definition) is 3. The lowest BCUT2D eigenvalue weighted by molar-refractivity contribution is -0.122. The second-order valence-electron chi connectivity index (χ2n) is 5.70. The molecular formula is C16H17BrN4O2. The Labute approximate surface area is 142 Å². The summed E-state index contributed by atoms with van der Waals surface area (Å²) in [4.78, 5) is 26.2. The summed E-state index contributed by atoms with van der Waals surface area (Å²) in [5.41, 5.74) is 1.88. The number of rotatable bonds is 3. The molecule has 1 aliphatic heterocycles. The Kier molecular flexibility index (Phi) is 4.21. The lowest BCUT2D eigenvalue weighted by Gasteiger charge is -2.17. The minimum atomic E-state index is -0.367. The van der Waals surface area contributed by atoms with Crippen molar-refractivity contribution < 1.29 is 9.59 Å². The third-order valence-electron chi connectivity index (χ3n) is 3.91. The highest BCUT2D eigenvalue weighted by molar-refractivity contribution is 9.10. The van der Waals surface area contributed by atoms with E-state index in [0.29, 0.717) is 12.4 Å². The highest BCUT2D eigenvalue weighted by Crippen LogP contribution is 2.29. The highest BCUT2D eigenvalue weighted by Gasteiger charge is 2.35. The fourth-order valence-corrected chi connectivity index (χ4v) is 2.89. The molecule has 120 valence electrons. The van der Waals surface area contributed by atoms with E-state index in [2.05, 4.69) is 26.3 Å². The summed E-state index contributed by atoms with van der Waals surface area (Å²) in [6, 6.07) is 7.47. The molecule has 2 amide bonds. The highest BCUT2D eigenvalue weighted by atomic mass is 79.9. The number of amides is 2. The topological polar surface area (TPSA) is 67.2 Å². The molecule has 1 saturated heterocycles. The van der Waals surface area contributed by atoms with Crippen molar-refractivity contribution in [3.8, 4) is 0 Å². The first-order valence-corrected chi connectivity index (χ1v) is 8.10. The zero-order chi connectivity index (χ0) is 16.6. The molecule has 1 N–H and O–H groups in total. The number of carbonyl (C=O) groups is 2. The monoisotopic (exact) mass is 376 g/mol. The van der Waals surface area contributed by atoms with E-state index >= 15 is 0 Å². The molecule has 0 spiro atoms. The maximum absolute atomic E-state index is 12.3. The molecule has 0 saturated carbocycles. The fraction of sp³-hybridized carbons (Fsp3) is 0.312. The number of halogens is 1. The summed E-state index contributed by atoms with van der Waals surface area (Å²) in [5.74, 6) is -0.0716. The minimum Gasteiger partial charge on any atom is -0.312 e. The summed E-state index contributed by atoms with van der Waals surface area (Å²) in [6.07, 6.45) is 1.97. The van der Waals surface area contributed by atoms with Crippen LogP contribution in [0.25, 0.3) is 0 Å². The number of aromatic nitrogens is 2. The van der Waals surface area contributed by atoms with Crippen LogP contribution in [0.5, 0.6) is 0 Å². The van der Waals surface area contributed by atoms with Gasteiger partial charge in [-0.1, -0.05) is 15.9 Å². The Morgan fingerprint density at radius 2 is 2.17 bits per heavy atom. The molecular weight excluding hydrogens is 360 g/mol. The molecule has 0 bridgehead atoms. The first kappa shape index (κ1) is 15.7. The zero-order valence-corrected chi connectivity index (χ0v) is 14.5. The molecule has 0 radical (unpaired) electrons. The number of nitrogens with one attached hydrogen (secondary N) is 1. The maximum Gasteiger partial charge on any atom is 0.231 e. The van der Waals surface area contributed by atoms with Crippen molar-refractivity contribution in [2.24, 2.45) is 13.0 Å². The van der Waals surface area contributed by atoms with Gasteiger partial charge in [-0.25, -0.2) is 0 Å². The van der Waals surface area contributed by atoms with Crippen LogP contribution in [0.2, 0.25) is 0 Å². The number of benzene rings is 1. The molecule has 7 heteroatoms. The summed E-state index contributed by atoms with van der Waals surface area (Å²) >= 11 is 3.45. The number of anilines is 2. The molecule has 1 aromatic heterocycles. The van der Waals surface area contributed by atoms with Crippen molar-refractivity contribution in [1.82, 2.24) is 9.78 Å². The van der Waals surface area contributed by atoms with Crippen molar-refractivity contribution in [3.63, 3.8) is 0 Å². The lowest BCUT2D eigenvalue weighted by Crippen LogP contribution is -2.28. The van der Waals surface area contributed by atoms with Gasteiger partial charge >= 0.3 is 0 Å². The second kappa shape index (κ2) is 6.16. The lowest BCUT2D eigenvalue weighted by atomic mass is 10.1. The molecule has 3 rings (SSSR count). The van der Waals surface area contributed by atoms with E-state index in [1.165, 1.54) is 0 Å². The van der Waals surface area contributed by atoms with Crippen LogP contribution in [0.3, 0.4) is 0 Å². The molecule has 6 nitrogen and oxygen atoms in total. The SMILES string of the molecule is Cc1cc(N2C[C@@H](C(=O)Nc3ccn(C)n3)CC2=O)ccc1Br. The van der Waals surface area contributed by atoms with Gasteiger partial charge < -0.3 is 10.2 Å². The number of aryl methyl sites for hydroxylation is 2.